The number of nitrogens with zero attached hydrogens (tertiary/aromatic N) is 5. The van der Waals surface area contributed by atoms with Crippen LogP contribution in [-0.4, -0.2) is 44.2 Å². The highest BCUT2D eigenvalue weighted by atomic mass is 32.2. The van der Waals surface area contributed by atoms with E-state index in [1.54, 1.807) is 19.2 Å². The third-order valence-electron chi connectivity index (χ3n) is 5.54. The molecule has 11 heteroatoms. The molecule has 152 valence electrons. The van der Waals surface area contributed by atoms with E-state index in [0.29, 0.717) is 23.5 Å². The summed E-state index contributed by atoms with van der Waals surface area (Å²) in [5.41, 5.74) is 2.78. The van der Waals surface area contributed by atoms with Crippen molar-refractivity contribution >= 4 is 26.8 Å². The summed E-state index contributed by atoms with van der Waals surface area (Å²) in [5, 5.41) is 12.5. The Bertz CT molecular complexity index is 1290. The maximum absolute atomic E-state index is 12.6. The SMILES string of the molecule is Cc1cc(CS(=O)(=O)N[C@H]2C[C@@H](C)[C@@H](c3nnc4cnc5[nH]ccc5n34)C2)no1. The number of nitrogens with one attached hydrogen (secondary N) is 2. The van der Waals surface area contributed by atoms with Crippen molar-refractivity contribution in [3.8, 4) is 0 Å². The predicted molar refractivity (Wildman–Crippen MR) is 105 cm³/mol. The lowest BCUT2D eigenvalue weighted by molar-refractivity contribution is 0.392. The van der Waals surface area contributed by atoms with Crippen LogP contribution in [0.1, 0.15) is 43.0 Å². The Kier molecular flexibility index (Phi) is 4.17. The van der Waals surface area contributed by atoms with Crippen LogP contribution in [0.4, 0.5) is 0 Å². The van der Waals surface area contributed by atoms with E-state index in [4.69, 9.17) is 4.52 Å². The van der Waals surface area contributed by atoms with Gasteiger partial charge >= 0.3 is 0 Å². The highest BCUT2D eigenvalue weighted by Gasteiger charge is 2.37. The molecule has 4 aromatic rings. The fourth-order valence-electron chi connectivity index (χ4n) is 4.32. The van der Waals surface area contributed by atoms with E-state index >= 15 is 0 Å². The minimum absolute atomic E-state index is 0.0903. The molecule has 29 heavy (non-hydrogen) atoms. The molecule has 0 radical (unpaired) electrons. The molecule has 1 aliphatic carbocycles. The van der Waals surface area contributed by atoms with E-state index in [0.717, 1.165) is 23.4 Å². The molecule has 1 saturated carbocycles. The van der Waals surface area contributed by atoms with Crippen molar-refractivity contribution in [2.75, 3.05) is 0 Å². The second-order valence-corrected chi connectivity index (χ2v) is 9.53. The van der Waals surface area contributed by atoms with Crippen LogP contribution >= 0.6 is 0 Å². The summed E-state index contributed by atoms with van der Waals surface area (Å²) in [6.45, 7) is 3.86. The number of rotatable bonds is 5. The first kappa shape index (κ1) is 18.3. The second-order valence-electron chi connectivity index (χ2n) is 7.78. The smallest absolute Gasteiger partial charge is 0.217 e. The van der Waals surface area contributed by atoms with Crippen LogP contribution in [0.25, 0.3) is 16.8 Å². The lowest BCUT2D eigenvalue weighted by Gasteiger charge is -2.13. The van der Waals surface area contributed by atoms with Crippen LogP contribution in [0.2, 0.25) is 0 Å². The largest absolute Gasteiger partial charge is 0.361 e. The molecule has 0 bridgehead atoms. The molecule has 4 aromatic heterocycles. The van der Waals surface area contributed by atoms with Crippen molar-refractivity contribution in [3.63, 3.8) is 0 Å². The average molecular weight is 415 g/mol. The molecular weight excluding hydrogens is 394 g/mol. The lowest BCUT2D eigenvalue weighted by atomic mass is 9.97. The van der Waals surface area contributed by atoms with Crippen LogP contribution in [0.15, 0.2) is 29.0 Å². The number of aromatic nitrogens is 6. The van der Waals surface area contributed by atoms with Gasteiger partial charge in [0.1, 0.15) is 23.0 Å². The van der Waals surface area contributed by atoms with Gasteiger partial charge in [-0.25, -0.2) is 18.1 Å². The molecule has 5 rings (SSSR count). The van der Waals surface area contributed by atoms with Gasteiger partial charge in [-0.1, -0.05) is 12.1 Å². The summed E-state index contributed by atoms with van der Waals surface area (Å²) < 4.78 is 35.0. The van der Waals surface area contributed by atoms with E-state index in [9.17, 15) is 8.42 Å². The Balaban J connectivity index is 1.39. The summed E-state index contributed by atoms with van der Waals surface area (Å²) in [5.74, 6) is 1.59. The molecular formula is C18H21N7O3S. The molecule has 2 N–H and O–H groups in total. The zero-order valence-electron chi connectivity index (χ0n) is 16.0. The number of aryl methyl sites for hydroxylation is 1. The third kappa shape index (κ3) is 3.29. The molecule has 0 amide bonds. The predicted octanol–water partition coefficient (Wildman–Crippen LogP) is 1.90. The second kappa shape index (κ2) is 6.63. The van der Waals surface area contributed by atoms with Crippen LogP contribution in [0.5, 0.6) is 0 Å². The number of H-pyrrole nitrogens is 1. The highest BCUT2D eigenvalue weighted by molar-refractivity contribution is 7.88. The molecule has 0 aromatic carbocycles. The highest BCUT2D eigenvalue weighted by Crippen LogP contribution is 2.39. The molecule has 0 aliphatic heterocycles. The average Bonchev–Trinajstić information content (AvgIpc) is 3.40. The Labute approximate surface area is 166 Å². The van der Waals surface area contributed by atoms with Crippen molar-refractivity contribution in [3.05, 3.63) is 41.8 Å². The number of fused-ring (bicyclic) bond motifs is 3. The van der Waals surface area contributed by atoms with Gasteiger partial charge in [0.15, 0.2) is 11.3 Å². The summed E-state index contributed by atoms with van der Waals surface area (Å²) in [4.78, 5) is 7.45. The number of hydrogen-bond acceptors (Lipinski definition) is 7. The number of aromatic amines is 1. The Morgan fingerprint density at radius 2 is 2.21 bits per heavy atom. The minimum Gasteiger partial charge on any atom is -0.361 e. The zero-order chi connectivity index (χ0) is 20.2. The van der Waals surface area contributed by atoms with Gasteiger partial charge in [-0.3, -0.25) is 4.40 Å². The molecule has 4 heterocycles. The summed E-state index contributed by atoms with van der Waals surface area (Å²) in [6.07, 6.45) is 4.92. The first-order valence-electron chi connectivity index (χ1n) is 9.49. The molecule has 1 aliphatic rings. The number of hydrogen-bond donors (Lipinski definition) is 2. The lowest BCUT2D eigenvalue weighted by Crippen LogP contribution is -2.34. The van der Waals surface area contributed by atoms with Gasteiger partial charge in [-0.05, 0) is 31.7 Å². The van der Waals surface area contributed by atoms with Crippen molar-refractivity contribution in [1.29, 1.82) is 0 Å². The maximum atomic E-state index is 12.6. The fraction of sp³-hybridized carbons (Fsp3) is 0.444. The normalized spacial score (nSPS) is 22.8. The van der Waals surface area contributed by atoms with Crippen molar-refractivity contribution in [1.82, 2.24) is 34.4 Å². The van der Waals surface area contributed by atoms with E-state index in [1.165, 1.54) is 0 Å². The molecule has 1 fully saturated rings. The van der Waals surface area contributed by atoms with Crippen LogP contribution < -0.4 is 4.72 Å². The van der Waals surface area contributed by atoms with Gasteiger partial charge < -0.3 is 9.51 Å². The topological polar surface area (TPSA) is 131 Å². The van der Waals surface area contributed by atoms with Gasteiger partial charge in [-0.15, -0.1) is 10.2 Å². The first-order chi connectivity index (χ1) is 13.9. The fourth-order valence-corrected chi connectivity index (χ4v) is 5.63. The quantitative estimate of drug-likeness (QED) is 0.509. The monoisotopic (exact) mass is 415 g/mol. The van der Waals surface area contributed by atoms with Crippen molar-refractivity contribution in [2.24, 2.45) is 5.92 Å². The van der Waals surface area contributed by atoms with Crippen LogP contribution in [0, 0.1) is 12.8 Å². The first-order valence-corrected chi connectivity index (χ1v) is 11.1. The van der Waals surface area contributed by atoms with E-state index in [2.05, 4.69) is 37.0 Å². The van der Waals surface area contributed by atoms with Crippen molar-refractivity contribution in [2.45, 2.75) is 44.4 Å². The van der Waals surface area contributed by atoms with Gasteiger partial charge in [0.05, 0.1) is 11.7 Å². The Morgan fingerprint density at radius 1 is 1.34 bits per heavy atom. The summed E-state index contributed by atoms with van der Waals surface area (Å²) >= 11 is 0. The Hall–Kier alpha value is -2.79. The third-order valence-corrected chi connectivity index (χ3v) is 6.91. The molecule has 3 atom stereocenters. The van der Waals surface area contributed by atoms with Gasteiger partial charge in [0, 0.05) is 24.2 Å². The number of sulfonamides is 1. The van der Waals surface area contributed by atoms with Gasteiger partial charge in [0.25, 0.3) is 0 Å². The Morgan fingerprint density at radius 3 is 3.00 bits per heavy atom. The molecule has 10 nitrogen and oxygen atoms in total. The molecule has 0 unspecified atom stereocenters. The van der Waals surface area contributed by atoms with E-state index < -0.39 is 10.0 Å². The molecule has 0 saturated heterocycles. The van der Waals surface area contributed by atoms with Crippen molar-refractivity contribution < 1.29 is 12.9 Å². The van der Waals surface area contributed by atoms with Gasteiger partial charge in [0.2, 0.25) is 10.0 Å². The van der Waals surface area contributed by atoms with Crippen LogP contribution in [0.3, 0.4) is 0 Å². The van der Waals surface area contributed by atoms with Gasteiger partial charge in [-0.2, -0.15) is 0 Å². The minimum atomic E-state index is -3.52. The zero-order valence-corrected chi connectivity index (χ0v) is 16.8. The standard InChI is InChI=1S/C18H21N7O3S/c1-10-5-12(24-29(26,27)9-13-6-11(2)28-23-13)7-14(10)18-22-21-16-8-20-17-15(25(16)18)3-4-19-17/h3-4,6,8,10,12,14,19,24H,5,7,9H2,1-2H3/t10-,12+,14+/m1/s1. The van der Waals surface area contributed by atoms with E-state index in [-0.39, 0.29) is 23.6 Å². The maximum Gasteiger partial charge on any atom is 0.217 e. The molecule has 0 spiro atoms. The summed E-state index contributed by atoms with van der Waals surface area (Å²) in [7, 11) is -3.52. The van der Waals surface area contributed by atoms with Crippen LogP contribution in [-0.2, 0) is 15.8 Å². The van der Waals surface area contributed by atoms with E-state index in [1.807, 2.05) is 16.7 Å². The summed E-state index contributed by atoms with van der Waals surface area (Å²) in [6, 6.07) is 3.42.